The summed E-state index contributed by atoms with van der Waals surface area (Å²) in [4.78, 5) is 13.0. The molecule has 2 aromatic carbocycles. The van der Waals surface area contributed by atoms with Gasteiger partial charge in [0.05, 0.1) is 16.1 Å². The molecule has 0 aliphatic heterocycles. The fraction of sp³-hybridized carbons (Fsp3) is 0.0476. The number of benzene rings is 2. The van der Waals surface area contributed by atoms with Crippen LogP contribution in [0, 0.1) is 11.3 Å². The molecule has 0 radical (unpaired) electrons. The zero-order valence-corrected chi connectivity index (χ0v) is 18.6. The number of nitriles is 1. The van der Waals surface area contributed by atoms with Gasteiger partial charge < -0.3 is 5.32 Å². The molecule has 0 aliphatic carbocycles. The smallest absolute Gasteiger partial charge is 0.252 e. The molecule has 2 N–H and O–H groups in total. The summed E-state index contributed by atoms with van der Waals surface area (Å²) in [7, 11) is -3.82. The Balaban J connectivity index is 1.63. The lowest BCUT2D eigenvalue weighted by Crippen LogP contribution is -2.23. The van der Waals surface area contributed by atoms with Crippen molar-refractivity contribution in [2.24, 2.45) is 0 Å². The predicted molar refractivity (Wildman–Crippen MR) is 125 cm³/mol. The van der Waals surface area contributed by atoms with E-state index in [1.807, 2.05) is 12.1 Å². The number of fused-ring (bicyclic) bond motifs is 1. The zero-order chi connectivity index (χ0) is 22.7. The third-order valence-electron chi connectivity index (χ3n) is 4.36. The molecule has 0 amide bonds. The van der Waals surface area contributed by atoms with Crippen LogP contribution < -0.4 is 10.0 Å². The summed E-state index contributed by atoms with van der Waals surface area (Å²) >= 11 is 12.3. The Morgan fingerprint density at radius 1 is 1.03 bits per heavy atom. The van der Waals surface area contributed by atoms with E-state index in [9.17, 15) is 8.42 Å². The van der Waals surface area contributed by atoms with E-state index in [4.69, 9.17) is 28.5 Å². The number of hydrogen-bond acceptors (Lipinski definition) is 7. The molecular formula is C21H14Cl2N6O2S. The number of sulfonamides is 1. The van der Waals surface area contributed by atoms with E-state index in [1.165, 1.54) is 18.3 Å². The van der Waals surface area contributed by atoms with Crippen LogP contribution >= 0.6 is 23.2 Å². The summed E-state index contributed by atoms with van der Waals surface area (Å²) in [6, 6.07) is 17.0. The molecule has 0 spiro atoms. The number of para-hydroxylation sites is 1. The highest BCUT2D eigenvalue weighted by Crippen LogP contribution is 2.31. The predicted octanol–water partition coefficient (Wildman–Crippen LogP) is 4.68. The standard InChI is InChI=1S/C21H14Cl2N6O2S/c22-14-6-7-15(17(23)9-14)21-27-18-4-2-1-3-16(18)20(28-21)26-12-32(30,31)29-19-8-5-13(10-24)11-25-19/h1-9,11H,12H2,(H,25,29)(H,26,27,28). The third kappa shape index (κ3) is 4.89. The Hall–Kier alpha value is -3.45. The van der Waals surface area contributed by atoms with Gasteiger partial charge >= 0.3 is 0 Å². The van der Waals surface area contributed by atoms with Crippen LogP contribution in [0.5, 0.6) is 0 Å². The molecule has 2 heterocycles. The monoisotopic (exact) mass is 484 g/mol. The fourth-order valence-electron chi connectivity index (χ4n) is 2.88. The van der Waals surface area contributed by atoms with Crippen molar-refractivity contribution in [3.05, 3.63) is 76.4 Å². The summed E-state index contributed by atoms with van der Waals surface area (Å²) in [5.41, 5.74) is 1.50. The van der Waals surface area contributed by atoms with Gasteiger partial charge in [0.15, 0.2) is 5.82 Å². The number of nitrogens with zero attached hydrogens (tertiary/aromatic N) is 4. The van der Waals surface area contributed by atoms with Crippen molar-refractivity contribution < 1.29 is 8.42 Å². The number of rotatable bonds is 6. The van der Waals surface area contributed by atoms with Gasteiger partial charge in [0, 0.05) is 22.2 Å². The molecule has 160 valence electrons. The van der Waals surface area contributed by atoms with Crippen LogP contribution in [-0.4, -0.2) is 29.2 Å². The van der Waals surface area contributed by atoms with Crippen molar-refractivity contribution in [3.8, 4) is 17.5 Å². The van der Waals surface area contributed by atoms with Crippen molar-refractivity contribution in [2.75, 3.05) is 15.9 Å². The summed E-state index contributed by atoms with van der Waals surface area (Å²) in [5, 5.41) is 13.2. The molecule has 0 unspecified atom stereocenters. The lowest BCUT2D eigenvalue weighted by molar-refractivity contribution is 0.602. The quantitative estimate of drug-likeness (QED) is 0.407. The molecule has 0 bridgehead atoms. The van der Waals surface area contributed by atoms with E-state index in [0.29, 0.717) is 43.7 Å². The highest BCUT2D eigenvalue weighted by Gasteiger charge is 2.16. The average Bonchev–Trinajstić information content (AvgIpc) is 2.77. The number of hydrogen-bond donors (Lipinski definition) is 2. The number of pyridine rings is 1. The number of anilines is 2. The number of aromatic nitrogens is 3. The number of halogens is 2. The molecule has 0 atom stereocenters. The minimum atomic E-state index is -3.82. The highest BCUT2D eigenvalue weighted by atomic mass is 35.5. The second kappa shape index (κ2) is 8.96. The van der Waals surface area contributed by atoms with Gasteiger partial charge in [-0.2, -0.15) is 5.26 Å². The van der Waals surface area contributed by atoms with E-state index < -0.39 is 15.9 Å². The van der Waals surface area contributed by atoms with Gasteiger partial charge in [0.1, 0.15) is 23.6 Å². The van der Waals surface area contributed by atoms with E-state index in [2.05, 4.69) is 25.0 Å². The molecule has 32 heavy (non-hydrogen) atoms. The molecule has 4 rings (SSSR count). The lowest BCUT2D eigenvalue weighted by Gasteiger charge is -2.13. The minimum absolute atomic E-state index is 0.104. The normalized spacial score (nSPS) is 11.2. The summed E-state index contributed by atoms with van der Waals surface area (Å²) < 4.78 is 27.5. The van der Waals surface area contributed by atoms with Crippen LogP contribution in [0.2, 0.25) is 10.0 Å². The van der Waals surface area contributed by atoms with E-state index >= 15 is 0 Å². The Morgan fingerprint density at radius 3 is 2.56 bits per heavy atom. The molecular weight excluding hydrogens is 471 g/mol. The maximum absolute atomic E-state index is 12.6. The van der Waals surface area contributed by atoms with Crippen LogP contribution in [-0.2, 0) is 10.0 Å². The molecule has 0 fully saturated rings. The third-order valence-corrected chi connectivity index (χ3v) is 5.95. The molecule has 0 aliphatic rings. The van der Waals surface area contributed by atoms with Crippen LogP contribution in [0.3, 0.4) is 0 Å². The highest BCUT2D eigenvalue weighted by molar-refractivity contribution is 7.92. The molecule has 0 saturated carbocycles. The largest absolute Gasteiger partial charge is 0.354 e. The van der Waals surface area contributed by atoms with Crippen molar-refractivity contribution in [1.82, 2.24) is 15.0 Å². The van der Waals surface area contributed by atoms with Gasteiger partial charge in [-0.25, -0.2) is 23.4 Å². The van der Waals surface area contributed by atoms with E-state index in [1.54, 1.807) is 36.4 Å². The summed E-state index contributed by atoms with van der Waals surface area (Å²) in [5.74, 6) is 0.289. The first-order valence-electron chi connectivity index (χ1n) is 9.17. The topological polar surface area (TPSA) is 121 Å². The Labute approximate surface area is 193 Å². The minimum Gasteiger partial charge on any atom is -0.354 e. The second-order valence-corrected chi connectivity index (χ2v) is 9.18. The lowest BCUT2D eigenvalue weighted by atomic mass is 10.2. The Kier molecular flexibility index (Phi) is 6.10. The van der Waals surface area contributed by atoms with Crippen LogP contribution in [0.15, 0.2) is 60.8 Å². The molecule has 11 heteroatoms. The Morgan fingerprint density at radius 2 is 1.84 bits per heavy atom. The van der Waals surface area contributed by atoms with Crippen molar-refractivity contribution in [2.45, 2.75) is 0 Å². The van der Waals surface area contributed by atoms with E-state index in [-0.39, 0.29) is 5.82 Å². The van der Waals surface area contributed by atoms with Crippen LogP contribution in [0.1, 0.15) is 5.56 Å². The first-order chi connectivity index (χ1) is 15.3. The van der Waals surface area contributed by atoms with Gasteiger partial charge in [0.25, 0.3) is 10.0 Å². The summed E-state index contributed by atoms with van der Waals surface area (Å²) in [6.45, 7) is 0. The molecule has 0 saturated heterocycles. The van der Waals surface area contributed by atoms with Gasteiger partial charge in [-0.3, -0.25) is 4.72 Å². The van der Waals surface area contributed by atoms with E-state index in [0.717, 1.165) is 0 Å². The Bertz CT molecular complexity index is 1450. The summed E-state index contributed by atoms with van der Waals surface area (Å²) in [6.07, 6.45) is 1.28. The number of nitrogens with one attached hydrogen (secondary N) is 2. The van der Waals surface area contributed by atoms with Crippen molar-refractivity contribution in [3.63, 3.8) is 0 Å². The fourth-order valence-corrected chi connectivity index (χ4v) is 4.21. The van der Waals surface area contributed by atoms with Gasteiger partial charge in [-0.1, -0.05) is 35.3 Å². The maximum Gasteiger partial charge on any atom is 0.252 e. The van der Waals surface area contributed by atoms with Crippen molar-refractivity contribution >= 4 is 55.8 Å². The molecule has 2 aromatic heterocycles. The second-order valence-electron chi connectivity index (χ2n) is 6.62. The van der Waals surface area contributed by atoms with Gasteiger partial charge in [-0.05, 0) is 42.5 Å². The molecule has 4 aromatic rings. The maximum atomic E-state index is 12.6. The van der Waals surface area contributed by atoms with Gasteiger partial charge in [0.2, 0.25) is 0 Å². The average molecular weight is 485 g/mol. The SMILES string of the molecule is N#Cc1ccc(NS(=O)(=O)CNc2nc(-c3ccc(Cl)cc3Cl)nc3ccccc23)nc1. The molecule has 8 nitrogen and oxygen atoms in total. The van der Waals surface area contributed by atoms with Crippen molar-refractivity contribution in [1.29, 1.82) is 5.26 Å². The van der Waals surface area contributed by atoms with Gasteiger partial charge in [-0.15, -0.1) is 0 Å². The van der Waals surface area contributed by atoms with Crippen LogP contribution in [0.4, 0.5) is 11.6 Å². The van der Waals surface area contributed by atoms with Crippen LogP contribution in [0.25, 0.3) is 22.3 Å². The first-order valence-corrected chi connectivity index (χ1v) is 11.6. The first kappa shape index (κ1) is 21.8. The zero-order valence-electron chi connectivity index (χ0n) is 16.3.